The van der Waals surface area contributed by atoms with Gasteiger partial charge in [0.05, 0.1) is 23.9 Å². The van der Waals surface area contributed by atoms with Crippen LogP contribution in [0, 0.1) is 23.7 Å². The molecular weight excluding hydrogens is 529 g/mol. The van der Waals surface area contributed by atoms with Gasteiger partial charge in [-0.25, -0.2) is 15.6 Å². The molecule has 10 heteroatoms. The first-order valence-electron chi connectivity index (χ1n) is 15.9. The summed E-state index contributed by atoms with van der Waals surface area (Å²) in [6.45, 7) is 9.65. The summed E-state index contributed by atoms with van der Waals surface area (Å²) in [7, 11) is 0. The van der Waals surface area contributed by atoms with E-state index < -0.39 is 11.7 Å². The van der Waals surface area contributed by atoms with Crippen LogP contribution >= 0.6 is 0 Å². The zero-order valence-electron chi connectivity index (χ0n) is 24.8. The maximum Gasteiger partial charge on any atom is 0.418 e. The van der Waals surface area contributed by atoms with Crippen LogP contribution in [-0.4, -0.2) is 50.7 Å². The molecule has 0 radical (unpaired) electrons. The average Bonchev–Trinajstić information content (AvgIpc) is 3.50. The van der Waals surface area contributed by atoms with Gasteiger partial charge in [-0.1, -0.05) is 32.6 Å². The molecule has 0 bridgehead atoms. The topological polar surface area (TPSA) is 56.9 Å². The zero-order valence-corrected chi connectivity index (χ0v) is 24.8. The van der Waals surface area contributed by atoms with Gasteiger partial charge in [0.1, 0.15) is 0 Å². The van der Waals surface area contributed by atoms with E-state index in [2.05, 4.69) is 41.4 Å². The highest BCUT2D eigenvalue weighted by Gasteiger charge is 2.45. The van der Waals surface area contributed by atoms with Crippen LogP contribution in [0.4, 0.5) is 13.2 Å². The molecule has 228 valence electrons. The van der Waals surface area contributed by atoms with Crippen molar-refractivity contribution in [2.24, 2.45) is 23.7 Å². The molecule has 3 unspecified atom stereocenters. The Balaban J connectivity index is 1.30. The number of rotatable bonds is 7. The molecule has 5 atom stereocenters. The van der Waals surface area contributed by atoms with Gasteiger partial charge < -0.3 is 0 Å². The van der Waals surface area contributed by atoms with Crippen molar-refractivity contribution in [3.05, 3.63) is 40.1 Å². The minimum Gasteiger partial charge on any atom is -0.299 e. The Bertz CT molecular complexity index is 1270. The van der Waals surface area contributed by atoms with Crippen molar-refractivity contribution < 1.29 is 13.2 Å². The number of hydrogen-bond acceptors (Lipinski definition) is 5. The van der Waals surface area contributed by atoms with Crippen molar-refractivity contribution in [3.63, 3.8) is 0 Å². The van der Waals surface area contributed by atoms with Crippen LogP contribution in [0.25, 0.3) is 5.52 Å². The third-order valence-electron chi connectivity index (χ3n) is 10.5. The van der Waals surface area contributed by atoms with E-state index in [9.17, 15) is 18.0 Å². The number of alkyl halides is 3. The number of hydrazine groups is 1. The average molecular weight is 577 g/mol. The normalized spacial score (nSPS) is 29.8. The Kier molecular flexibility index (Phi) is 8.30. The molecule has 4 fully saturated rings. The molecule has 2 saturated heterocycles. The molecule has 4 heterocycles. The largest absolute Gasteiger partial charge is 0.418 e. The Hall–Kier alpha value is -1.88. The van der Waals surface area contributed by atoms with Gasteiger partial charge in [-0.05, 0) is 87.8 Å². The third kappa shape index (κ3) is 5.86. The molecule has 6 rings (SSSR count). The molecule has 2 aliphatic heterocycles. The SMILES string of the molecule is CC(C)N1CNNC1[C@@H](C1CCC1)C1CCCC(n2cc3c(C(F)(F)F)cc(CN4CCC[C@H](C)C4)cn3c2=O)C1. The Morgan fingerprint density at radius 2 is 1.78 bits per heavy atom. The molecule has 2 aromatic rings. The first-order valence-corrected chi connectivity index (χ1v) is 15.9. The third-order valence-corrected chi connectivity index (χ3v) is 10.5. The summed E-state index contributed by atoms with van der Waals surface area (Å²) in [6, 6.07) is 1.60. The summed E-state index contributed by atoms with van der Waals surface area (Å²) in [5.41, 5.74) is 6.41. The molecule has 2 saturated carbocycles. The fourth-order valence-electron chi connectivity index (χ4n) is 8.30. The molecule has 2 aromatic heterocycles. The van der Waals surface area contributed by atoms with Crippen molar-refractivity contribution in [2.45, 2.75) is 110 Å². The number of fused-ring (bicyclic) bond motifs is 1. The van der Waals surface area contributed by atoms with Crippen LogP contribution < -0.4 is 16.5 Å². The van der Waals surface area contributed by atoms with Crippen molar-refractivity contribution in [2.75, 3.05) is 19.8 Å². The molecular formula is C31H47F3N6O. The van der Waals surface area contributed by atoms with Crippen LogP contribution in [0.15, 0.2) is 23.3 Å². The first kappa shape index (κ1) is 29.2. The summed E-state index contributed by atoms with van der Waals surface area (Å²) < 4.78 is 45.9. The molecule has 0 spiro atoms. The minimum absolute atomic E-state index is 0.0245. The highest BCUT2D eigenvalue weighted by molar-refractivity contribution is 5.56. The number of hydrogen-bond donors (Lipinski definition) is 2. The smallest absolute Gasteiger partial charge is 0.299 e. The van der Waals surface area contributed by atoms with Crippen molar-refractivity contribution in [1.29, 1.82) is 0 Å². The monoisotopic (exact) mass is 576 g/mol. The number of nitrogens with zero attached hydrogens (tertiary/aromatic N) is 4. The van der Waals surface area contributed by atoms with Crippen LogP contribution in [0.2, 0.25) is 0 Å². The summed E-state index contributed by atoms with van der Waals surface area (Å²) in [5, 5.41) is 0. The lowest BCUT2D eigenvalue weighted by Crippen LogP contribution is -2.52. The predicted octanol–water partition coefficient (Wildman–Crippen LogP) is 5.60. The van der Waals surface area contributed by atoms with Gasteiger partial charge >= 0.3 is 11.9 Å². The van der Waals surface area contributed by atoms with E-state index >= 15 is 0 Å². The fraction of sp³-hybridized carbons (Fsp3) is 0.774. The Morgan fingerprint density at radius 3 is 2.46 bits per heavy atom. The van der Waals surface area contributed by atoms with E-state index in [1.165, 1.54) is 35.9 Å². The van der Waals surface area contributed by atoms with Gasteiger partial charge in [0, 0.05) is 37.6 Å². The first-order chi connectivity index (χ1) is 19.6. The van der Waals surface area contributed by atoms with Crippen molar-refractivity contribution in [1.82, 2.24) is 29.6 Å². The van der Waals surface area contributed by atoms with E-state index in [1.807, 2.05) is 0 Å². The lowest BCUT2D eigenvalue weighted by molar-refractivity contribution is -0.136. The molecule has 2 N–H and O–H groups in total. The standard InChI is InChI=1S/C31H47F3N6O/c1-20(2)40-19-35-36-29(40)28(23-8-4-9-23)24-10-5-11-25(14-24)38-18-27-26(31(32,33)34)13-22(17-39(27)30(38)41)16-37-12-6-7-21(3)15-37/h13,17-18,20-21,23-25,28-29,35-36H,4-12,14-16,19H2,1-3H3/t21-,24?,25?,28-,29?/m0/s1. The van der Waals surface area contributed by atoms with E-state index in [4.69, 9.17) is 0 Å². The number of nitrogens with one attached hydrogen (secondary N) is 2. The Morgan fingerprint density at radius 1 is 1.02 bits per heavy atom. The Labute approximate surface area is 241 Å². The number of likely N-dealkylation sites (tertiary alicyclic amines) is 1. The van der Waals surface area contributed by atoms with Gasteiger partial charge in [-0.3, -0.25) is 18.8 Å². The summed E-state index contributed by atoms with van der Waals surface area (Å²) in [5.74, 6) is 2.07. The lowest BCUT2D eigenvalue weighted by atomic mass is 9.65. The second-order valence-corrected chi connectivity index (χ2v) is 13.7. The van der Waals surface area contributed by atoms with Crippen LogP contribution in [0.1, 0.15) is 95.7 Å². The summed E-state index contributed by atoms with van der Waals surface area (Å²) >= 11 is 0. The van der Waals surface area contributed by atoms with Gasteiger partial charge in [0.25, 0.3) is 0 Å². The van der Waals surface area contributed by atoms with Crippen LogP contribution in [-0.2, 0) is 12.7 Å². The van der Waals surface area contributed by atoms with Crippen molar-refractivity contribution in [3.8, 4) is 0 Å². The number of piperidine rings is 1. The lowest BCUT2D eigenvalue weighted by Gasteiger charge is -2.47. The quantitative estimate of drug-likeness (QED) is 0.450. The molecule has 0 aromatic carbocycles. The molecule has 41 heavy (non-hydrogen) atoms. The van der Waals surface area contributed by atoms with E-state index in [1.54, 1.807) is 10.8 Å². The summed E-state index contributed by atoms with van der Waals surface area (Å²) in [6.07, 6.45) is 8.58. The van der Waals surface area contributed by atoms with Gasteiger partial charge in [0.15, 0.2) is 0 Å². The minimum atomic E-state index is -4.53. The number of pyridine rings is 1. The fourth-order valence-corrected chi connectivity index (χ4v) is 8.30. The predicted molar refractivity (Wildman–Crippen MR) is 154 cm³/mol. The van der Waals surface area contributed by atoms with E-state index in [-0.39, 0.29) is 23.4 Å². The highest BCUT2D eigenvalue weighted by Crippen LogP contribution is 2.47. The molecule has 2 aliphatic carbocycles. The van der Waals surface area contributed by atoms with Gasteiger partial charge in [-0.15, -0.1) is 0 Å². The second-order valence-electron chi connectivity index (χ2n) is 13.7. The number of halogens is 3. The second kappa shape index (κ2) is 11.7. The van der Waals surface area contributed by atoms with Gasteiger partial charge in [0.2, 0.25) is 0 Å². The number of aromatic nitrogens is 2. The van der Waals surface area contributed by atoms with Crippen LogP contribution in [0.5, 0.6) is 0 Å². The maximum absolute atomic E-state index is 14.3. The molecule has 7 nitrogen and oxygen atoms in total. The summed E-state index contributed by atoms with van der Waals surface area (Å²) in [4.78, 5) is 18.5. The van der Waals surface area contributed by atoms with Crippen LogP contribution in [0.3, 0.4) is 0 Å². The molecule has 0 amide bonds. The van der Waals surface area contributed by atoms with Gasteiger partial charge in [-0.2, -0.15) is 13.2 Å². The zero-order chi connectivity index (χ0) is 28.9. The van der Waals surface area contributed by atoms with E-state index in [0.29, 0.717) is 41.8 Å². The maximum atomic E-state index is 14.3. The number of imidazole rings is 1. The molecule has 4 aliphatic rings. The van der Waals surface area contributed by atoms with E-state index in [0.717, 1.165) is 58.3 Å². The highest BCUT2D eigenvalue weighted by atomic mass is 19.4. The van der Waals surface area contributed by atoms with Crippen molar-refractivity contribution >= 4 is 5.52 Å².